The predicted molar refractivity (Wildman–Crippen MR) is 59.6 cm³/mol. The predicted octanol–water partition coefficient (Wildman–Crippen LogP) is 3.25. The van der Waals surface area contributed by atoms with Crippen LogP contribution in [0.3, 0.4) is 0 Å². The lowest BCUT2D eigenvalue weighted by Crippen LogP contribution is -2.32. The zero-order valence-electron chi connectivity index (χ0n) is 9.18. The topological polar surface area (TPSA) is 17.1 Å². The van der Waals surface area contributed by atoms with E-state index in [0.717, 1.165) is 18.9 Å². The average Bonchev–Trinajstić information content (AvgIpc) is 2.33. The summed E-state index contributed by atoms with van der Waals surface area (Å²) in [5.41, 5.74) is -0.125. The number of allylic oxidation sites excluding steroid dienone is 2. The molecule has 1 nitrogen and oxygen atoms in total. The van der Waals surface area contributed by atoms with Gasteiger partial charge in [-0.1, -0.05) is 31.8 Å². The summed E-state index contributed by atoms with van der Waals surface area (Å²) in [4.78, 5) is 12.0. The maximum absolute atomic E-state index is 12.0. The van der Waals surface area contributed by atoms with Crippen LogP contribution in [-0.4, -0.2) is 13.9 Å². The monoisotopic (exact) mass is 196 g/mol. The molecule has 0 spiro atoms. The lowest BCUT2D eigenvalue weighted by molar-refractivity contribution is -0.123. The molecule has 13 heavy (non-hydrogen) atoms. The third kappa shape index (κ3) is 2.80. The fourth-order valence-electron chi connectivity index (χ4n) is 1.73. The average molecular weight is 196 g/mol. The van der Waals surface area contributed by atoms with Gasteiger partial charge in [-0.3, -0.25) is 4.79 Å². The summed E-state index contributed by atoms with van der Waals surface area (Å²) < 4.78 is 0. The fourth-order valence-corrected chi connectivity index (χ4v) is 3.09. The van der Waals surface area contributed by atoms with Gasteiger partial charge in [0.25, 0.3) is 0 Å². The van der Waals surface area contributed by atoms with Gasteiger partial charge in [0, 0.05) is 11.5 Å². The summed E-state index contributed by atoms with van der Waals surface area (Å²) in [6.07, 6.45) is 6.35. The Labute approximate surface area is 82.2 Å². The van der Waals surface area contributed by atoms with E-state index in [-0.39, 0.29) is 5.41 Å². The molecule has 0 aromatic heterocycles. The molecule has 0 saturated heterocycles. The SMILES string of the molecule is CC1(C(=O)C[Si](C)(C)C)C=CCC1. The van der Waals surface area contributed by atoms with E-state index in [4.69, 9.17) is 0 Å². The third-order valence-electron chi connectivity index (χ3n) is 2.64. The van der Waals surface area contributed by atoms with Crippen molar-refractivity contribution in [1.29, 1.82) is 0 Å². The van der Waals surface area contributed by atoms with Crippen molar-refractivity contribution >= 4 is 13.9 Å². The van der Waals surface area contributed by atoms with E-state index >= 15 is 0 Å². The molecule has 1 atom stereocenters. The maximum Gasteiger partial charge on any atom is 0.139 e. The summed E-state index contributed by atoms with van der Waals surface area (Å²) in [6, 6.07) is 0.827. The molecular weight excluding hydrogens is 176 g/mol. The Morgan fingerprint density at radius 3 is 2.46 bits per heavy atom. The molecule has 0 aromatic carbocycles. The van der Waals surface area contributed by atoms with Crippen LogP contribution in [0.1, 0.15) is 19.8 Å². The number of rotatable bonds is 3. The molecule has 2 heteroatoms. The van der Waals surface area contributed by atoms with E-state index in [0.29, 0.717) is 5.78 Å². The summed E-state index contributed by atoms with van der Waals surface area (Å²) in [5, 5.41) is 0. The van der Waals surface area contributed by atoms with Crippen LogP contribution in [0.4, 0.5) is 0 Å². The van der Waals surface area contributed by atoms with Crippen molar-refractivity contribution in [3.8, 4) is 0 Å². The highest BCUT2D eigenvalue weighted by Gasteiger charge is 2.34. The van der Waals surface area contributed by atoms with Gasteiger partial charge < -0.3 is 0 Å². The number of carbonyl (C=O) groups excluding carboxylic acids is 1. The molecule has 0 heterocycles. The van der Waals surface area contributed by atoms with Crippen LogP contribution in [-0.2, 0) is 4.79 Å². The first-order valence-electron chi connectivity index (χ1n) is 5.05. The van der Waals surface area contributed by atoms with E-state index in [9.17, 15) is 4.79 Å². The van der Waals surface area contributed by atoms with Crippen molar-refractivity contribution in [1.82, 2.24) is 0 Å². The molecule has 0 N–H and O–H groups in total. The lowest BCUT2D eigenvalue weighted by Gasteiger charge is -2.24. The molecule has 0 radical (unpaired) electrons. The highest BCUT2D eigenvalue weighted by Crippen LogP contribution is 2.34. The molecule has 0 aliphatic heterocycles. The Morgan fingerprint density at radius 1 is 1.46 bits per heavy atom. The quantitative estimate of drug-likeness (QED) is 0.500. The second-order valence-corrected chi connectivity index (χ2v) is 11.0. The van der Waals surface area contributed by atoms with Crippen molar-refractivity contribution in [2.45, 2.75) is 45.5 Å². The molecule has 1 rings (SSSR count). The minimum absolute atomic E-state index is 0.125. The standard InChI is InChI=1S/C11H20OSi/c1-11(7-5-6-8-11)10(12)9-13(2,3)4/h5,7H,6,8-9H2,1-4H3. The van der Waals surface area contributed by atoms with Crippen LogP contribution in [0.5, 0.6) is 0 Å². The van der Waals surface area contributed by atoms with Crippen LogP contribution < -0.4 is 0 Å². The first-order chi connectivity index (χ1) is 5.83. The smallest absolute Gasteiger partial charge is 0.139 e. The van der Waals surface area contributed by atoms with Gasteiger partial charge in [-0.2, -0.15) is 0 Å². The molecule has 0 fully saturated rings. The van der Waals surface area contributed by atoms with Gasteiger partial charge in [-0.15, -0.1) is 0 Å². The third-order valence-corrected chi connectivity index (χ3v) is 4.03. The molecule has 1 aliphatic rings. The van der Waals surface area contributed by atoms with Gasteiger partial charge in [0.15, 0.2) is 0 Å². The molecule has 1 aliphatic carbocycles. The molecular formula is C11H20OSi. The molecule has 0 bridgehead atoms. The summed E-state index contributed by atoms with van der Waals surface area (Å²) in [5.74, 6) is 0.459. The Hall–Kier alpha value is -0.373. The minimum atomic E-state index is -1.22. The zero-order valence-corrected chi connectivity index (χ0v) is 10.2. The van der Waals surface area contributed by atoms with Crippen LogP contribution in [0.15, 0.2) is 12.2 Å². The largest absolute Gasteiger partial charge is 0.299 e. The van der Waals surface area contributed by atoms with E-state index in [1.165, 1.54) is 0 Å². The number of Topliss-reactive ketones (excluding diaryl/α,β-unsaturated/α-hetero) is 1. The molecule has 0 saturated carbocycles. The van der Waals surface area contributed by atoms with Crippen LogP contribution in [0, 0.1) is 5.41 Å². The van der Waals surface area contributed by atoms with Gasteiger partial charge in [0.05, 0.1) is 8.07 Å². The number of carbonyl (C=O) groups is 1. The van der Waals surface area contributed by atoms with Gasteiger partial charge in [0.2, 0.25) is 0 Å². The van der Waals surface area contributed by atoms with Crippen molar-refractivity contribution in [3.05, 3.63) is 12.2 Å². The van der Waals surface area contributed by atoms with Crippen molar-refractivity contribution in [2.24, 2.45) is 5.41 Å². The number of ketones is 1. The first kappa shape index (κ1) is 10.7. The van der Waals surface area contributed by atoms with E-state index in [2.05, 4.69) is 38.7 Å². The lowest BCUT2D eigenvalue weighted by atomic mass is 9.86. The van der Waals surface area contributed by atoms with Crippen molar-refractivity contribution < 1.29 is 4.79 Å². The Bertz CT molecular complexity index is 237. The second-order valence-electron chi connectivity index (χ2n) is 5.52. The normalized spacial score (nSPS) is 28.0. The molecule has 0 amide bonds. The van der Waals surface area contributed by atoms with Crippen molar-refractivity contribution in [3.63, 3.8) is 0 Å². The summed E-state index contributed by atoms with van der Waals surface area (Å²) in [6.45, 7) is 8.85. The zero-order chi connectivity index (χ0) is 10.1. The van der Waals surface area contributed by atoms with Gasteiger partial charge in [0.1, 0.15) is 5.78 Å². The Balaban J connectivity index is 2.63. The van der Waals surface area contributed by atoms with Crippen LogP contribution in [0.2, 0.25) is 25.7 Å². The van der Waals surface area contributed by atoms with Crippen LogP contribution in [0.25, 0.3) is 0 Å². The highest BCUT2D eigenvalue weighted by molar-refractivity contribution is 6.78. The van der Waals surface area contributed by atoms with Gasteiger partial charge >= 0.3 is 0 Å². The van der Waals surface area contributed by atoms with Crippen molar-refractivity contribution in [2.75, 3.05) is 0 Å². The first-order valence-corrected chi connectivity index (χ1v) is 8.75. The van der Waals surface area contributed by atoms with Crippen LogP contribution >= 0.6 is 0 Å². The van der Waals surface area contributed by atoms with Gasteiger partial charge in [-0.05, 0) is 19.8 Å². The minimum Gasteiger partial charge on any atom is -0.299 e. The summed E-state index contributed by atoms with van der Waals surface area (Å²) >= 11 is 0. The Kier molecular flexibility index (Phi) is 2.81. The summed E-state index contributed by atoms with van der Waals surface area (Å²) in [7, 11) is -1.22. The number of hydrogen-bond acceptors (Lipinski definition) is 1. The van der Waals surface area contributed by atoms with E-state index in [1.807, 2.05) is 0 Å². The maximum atomic E-state index is 12.0. The fraction of sp³-hybridized carbons (Fsp3) is 0.727. The van der Waals surface area contributed by atoms with E-state index in [1.54, 1.807) is 0 Å². The van der Waals surface area contributed by atoms with Gasteiger partial charge in [-0.25, -0.2) is 0 Å². The highest BCUT2D eigenvalue weighted by atomic mass is 28.3. The van der Waals surface area contributed by atoms with E-state index < -0.39 is 8.07 Å². The Morgan fingerprint density at radius 2 is 2.08 bits per heavy atom. The molecule has 0 aromatic rings. The number of hydrogen-bond donors (Lipinski definition) is 0. The molecule has 74 valence electrons. The second kappa shape index (κ2) is 3.41. The molecule has 1 unspecified atom stereocenters.